The van der Waals surface area contributed by atoms with Gasteiger partial charge in [-0.1, -0.05) is 28.1 Å². The van der Waals surface area contributed by atoms with Gasteiger partial charge in [0.1, 0.15) is 19.1 Å². The maximum absolute atomic E-state index is 12.7. The molecule has 134 valence electrons. The fraction of sp³-hybridized carbons (Fsp3) is 0.200. The normalized spacial score (nSPS) is 11.0. The van der Waals surface area contributed by atoms with Crippen LogP contribution in [-0.4, -0.2) is 34.6 Å². The molecule has 7 nitrogen and oxygen atoms in total. The molecule has 0 aliphatic carbocycles. The summed E-state index contributed by atoms with van der Waals surface area (Å²) in [5.41, 5.74) is 0.145. The number of benzene rings is 1. The van der Waals surface area contributed by atoms with E-state index in [0.29, 0.717) is 11.3 Å². The molecule has 0 aliphatic rings. The van der Waals surface area contributed by atoms with Gasteiger partial charge in [-0.2, -0.15) is 0 Å². The minimum Gasteiger partial charge on any atom is -0.572 e. The number of carbonyl (C=O) groups is 2. The van der Waals surface area contributed by atoms with E-state index < -0.39 is 22.0 Å². The number of sulfonamides is 1. The van der Waals surface area contributed by atoms with Crippen molar-refractivity contribution < 1.29 is 27.5 Å². The minimum absolute atomic E-state index is 0.00693. The molecule has 1 aromatic carbocycles. The molecule has 1 heterocycles. The third-order valence-electron chi connectivity index (χ3n) is 3.16. The first kappa shape index (κ1) is 19.4. The zero-order valence-electron chi connectivity index (χ0n) is 13.4. The molecule has 2 rings (SSSR count). The lowest BCUT2D eigenvalue weighted by Gasteiger charge is -2.21. The molecule has 10 heteroatoms. The van der Waals surface area contributed by atoms with Crippen molar-refractivity contribution in [2.24, 2.45) is 0 Å². The second-order valence-corrected chi connectivity index (χ2v) is 8.48. The minimum atomic E-state index is -4.24. The number of hydrogen-bond acceptors (Lipinski definition) is 7. The summed E-state index contributed by atoms with van der Waals surface area (Å²) in [6.45, 7) is 1.45. The van der Waals surface area contributed by atoms with Crippen molar-refractivity contribution >= 4 is 54.9 Å². The first-order chi connectivity index (χ1) is 11.7. The quantitative estimate of drug-likeness (QED) is 0.647. The van der Waals surface area contributed by atoms with E-state index >= 15 is 0 Å². The number of methoxy groups -OCH3 is 2. The van der Waals surface area contributed by atoms with Gasteiger partial charge < -0.3 is 14.2 Å². The van der Waals surface area contributed by atoms with Gasteiger partial charge in [-0.3, -0.25) is 0 Å². The third kappa shape index (κ3) is 4.02. The average molecular weight is 447 g/mol. The number of carbonyl (C=O) groups excluding carboxylic acids is 2. The molecule has 0 saturated carbocycles. The Morgan fingerprint density at radius 3 is 2.16 bits per heavy atom. The summed E-state index contributed by atoms with van der Waals surface area (Å²) in [5.74, 6) is -1.61. The first-order valence-corrected chi connectivity index (χ1v) is 9.79. The van der Waals surface area contributed by atoms with Crippen molar-refractivity contribution in [3.05, 3.63) is 49.5 Å². The summed E-state index contributed by atoms with van der Waals surface area (Å²) in [6.07, 6.45) is 0. The van der Waals surface area contributed by atoms with E-state index in [2.05, 4.69) is 30.1 Å². The van der Waals surface area contributed by atoms with Gasteiger partial charge in [-0.25, -0.2) is 18.0 Å². The highest BCUT2D eigenvalue weighted by atomic mass is 79.9. The molecular formula is C15H13BrNO6S2-. The Bertz CT molecular complexity index is 918. The van der Waals surface area contributed by atoms with E-state index in [9.17, 15) is 18.0 Å². The number of halogens is 1. The molecule has 1 aromatic heterocycles. The Morgan fingerprint density at radius 2 is 1.64 bits per heavy atom. The average Bonchev–Trinajstić information content (AvgIpc) is 2.93. The monoisotopic (exact) mass is 446 g/mol. The summed E-state index contributed by atoms with van der Waals surface area (Å²) in [6, 6.07) is 6.27. The van der Waals surface area contributed by atoms with Gasteiger partial charge in [0, 0.05) is 4.47 Å². The van der Waals surface area contributed by atoms with E-state index in [1.54, 1.807) is 12.1 Å². The Kier molecular flexibility index (Phi) is 5.86. The van der Waals surface area contributed by atoms with Crippen LogP contribution < -0.4 is 0 Å². The first-order valence-electron chi connectivity index (χ1n) is 6.75. The molecule has 0 fully saturated rings. The van der Waals surface area contributed by atoms with Crippen LogP contribution >= 0.6 is 27.3 Å². The molecular weight excluding hydrogens is 434 g/mol. The number of rotatable bonds is 5. The van der Waals surface area contributed by atoms with Crippen LogP contribution in [0.25, 0.3) is 4.72 Å². The molecule has 0 N–H and O–H groups in total. The van der Waals surface area contributed by atoms with Gasteiger partial charge in [0.25, 0.3) is 0 Å². The fourth-order valence-corrected chi connectivity index (χ4v) is 4.95. The molecule has 0 amide bonds. The molecule has 25 heavy (non-hydrogen) atoms. The van der Waals surface area contributed by atoms with Gasteiger partial charge in [0.15, 0.2) is 0 Å². The van der Waals surface area contributed by atoms with E-state index in [4.69, 9.17) is 0 Å². The Balaban J connectivity index is 2.57. The standard InChI is InChI=1S/C15H13BrNO6S2/c1-8-11(13(18)22-2)15(24-12(8)14(19)23-3)25(20,21)17-10-6-4-9(16)5-7-10/h4-7H,1-3H3/q-1. The molecule has 0 saturated heterocycles. The smallest absolute Gasteiger partial charge is 0.348 e. The topological polar surface area (TPSA) is 101 Å². The van der Waals surface area contributed by atoms with Crippen LogP contribution in [0.1, 0.15) is 25.6 Å². The molecule has 0 radical (unpaired) electrons. The van der Waals surface area contributed by atoms with Crippen molar-refractivity contribution in [3.8, 4) is 0 Å². The summed E-state index contributed by atoms with van der Waals surface area (Å²) in [4.78, 5) is 23.9. The molecule has 0 bridgehead atoms. The number of esters is 2. The lowest BCUT2D eigenvalue weighted by Crippen LogP contribution is -2.08. The lowest BCUT2D eigenvalue weighted by atomic mass is 10.2. The van der Waals surface area contributed by atoms with Crippen LogP contribution in [0.3, 0.4) is 0 Å². The third-order valence-corrected chi connectivity index (χ3v) is 6.76. The van der Waals surface area contributed by atoms with Crippen molar-refractivity contribution in [2.75, 3.05) is 14.2 Å². The van der Waals surface area contributed by atoms with Crippen LogP contribution in [0.15, 0.2) is 32.9 Å². The summed E-state index contributed by atoms with van der Waals surface area (Å²) >= 11 is 3.87. The van der Waals surface area contributed by atoms with E-state index in [-0.39, 0.29) is 25.9 Å². The van der Waals surface area contributed by atoms with Gasteiger partial charge in [-0.15, -0.1) is 17.0 Å². The molecule has 2 aromatic rings. The van der Waals surface area contributed by atoms with Crippen LogP contribution in [-0.2, 0) is 19.5 Å². The molecule has 0 atom stereocenters. The van der Waals surface area contributed by atoms with Crippen LogP contribution in [0, 0.1) is 6.92 Å². The van der Waals surface area contributed by atoms with Crippen LogP contribution in [0.2, 0.25) is 0 Å². The lowest BCUT2D eigenvalue weighted by molar-refractivity contribution is 0.0596. The molecule has 0 spiro atoms. The van der Waals surface area contributed by atoms with Crippen LogP contribution in [0.5, 0.6) is 0 Å². The summed E-state index contributed by atoms with van der Waals surface area (Å²) in [5, 5.41) is 0. The highest BCUT2D eigenvalue weighted by Gasteiger charge is 2.29. The largest absolute Gasteiger partial charge is 0.572 e. The summed E-state index contributed by atoms with van der Waals surface area (Å²) in [7, 11) is -1.94. The molecule has 0 unspecified atom stereocenters. The second kappa shape index (κ2) is 7.54. The number of nitrogens with zero attached hydrogens (tertiary/aromatic N) is 1. The Labute approximate surface area is 157 Å². The van der Waals surface area contributed by atoms with E-state index in [1.807, 2.05) is 0 Å². The maximum Gasteiger partial charge on any atom is 0.348 e. The van der Waals surface area contributed by atoms with Gasteiger partial charge in [0.2, 0.25) is 0 Å². The van der Waals surface area contributed by atoms with Gasteiger partial charge >= 0.3 is 11.9 Å². The van der Waals surface area contributed by atoms with Crippen molar-refractivity contribution in [3.63, 3.8) is 0 Å². The van der Waals surface area contributed by atoms with E-state index in [0.717, 1.165) is 11.6 Å². The zero-order valence-corrected chi connectivity index (χ0v) is 16.6. The predicted octanol–water partition coefficient (Wildman–Crippen LogP) is 3.79. The van der Waals surface area contributed by atoms with Crippen molar-refractivity contribution in [1.82, 2.24) is 0 Å². The van der Waals surface area contributed by atoms with Crippen LogP contribution in [0.4, 0.5) is 5.69 Å². The molecule has 0 aliphatic heterocycles. The number of hydrogen-bond donors (Lipinski definition) is 0. The number of thiophene rings is 1. The predicted molar refractivity (Wildman–Crippen MR) is 96.1 cm³/mol. The second-order valence-electron chi connectivity index (χ2n) is 4.74. The van der Waals surface area contributed by atoms with Gasteiger partial charge in [0.05, 0.1) is 19.8 Å². The SMILES string of the molecule is COC(=O)c1sc(S(=O)(=O)[N-]c2ccc(Br)cc2)c(C(=O)OC)c1C. The Hall–Kier alpha value is -1.91. The summed E-state index contributed by atoms with van der Waals surface area (Å²) < 4.78 is 38.8. The highest BCUT2D eigenvalue weighted by molar-refractivity contribution is 9.10. The Morgan fingerprint density at radius 1 is 1.08 bits per heavy atom. The number of ether oxygens (including phenoxy) is 2. The van der Waals surface area contributed by atoms with Crippen molar-refractivity contribution in [2.45, 2.75) is 11.1 Å². The van der Waals surface area contributed by atoms with Crippen molar-refractivity contribution in [1.29, 1.82) is 0 Å². The fourth-order valence-electron chi connectivity index (χ4n) is 1.98. The van der Waals surface area contributed by atoms with Gasteiger partial charge in [-0.05, 0) is 24.6 Å². The maximum atomic E-state index is 12.7. The zero-order chi connectivity index (χ0) is 18.8. The highest BCUT2D eigenvalue weighted by Crippen LogP contribution is 2.38. The van der Waals surface area contributed by atoms with E-state index in [1.165, 1.54) is 26.2 Å².